The van der Waals surface area contributed by atoms with E-state index in [1.165, 1.54) is 58.4 Å². The largest absolute Gasteiger partial charge is 0.228 e. The van der Waals surface area contributed by atoms with Crippen LogP contribution in [0.3, 0.4) is 0 Å². The van der Waals surface area contributed by atoms with Crippen LogP contribution in [0.15, 0.2) is 182 Å². The molecule has 0 saturated heterocycles. The first-order valence-electron chi connectivity index (χ1n) is 17.2. The van der Waals surface area contributed by atoms with Crippen molar-refractivity contribution in [1.29, 1.82) is 0 Å². The molecule has 0 radical (unpaired) electrons. The first-order valence-corrected chi connectivity index (χ1v) is 18.0. The molecule has 0 aliphatic carbocycles. The minimum atomic E-state index is 0.708. The molecule has 0 bridgehead atoms. The zero-order chi connectivity index (χ0) is 33.7. The van der Waals surface area contributed by atoms with E-state index in [1.54, 1.807) is 0 Å². The van der Waals surface area contributed by atoms with Gasteiger partial charge in [0.1, 0.15) is 0 Å². The summed E-state index contributed by atoms with van der Waals surface area (Å²) in [5, 5.41) is 7.35. The number of rotatable bonds is 5. The number of nitrogens with zero attached hydrogens (tertiary/aromatic N) is 2. The van der Waals surface area contributed by atoms with Crippen molar-refractivity contribution in [1.82, 2.24) is 9.97 Å². The fourth-order valence-corrected chi connectivity index (χ4v) is 8.49. The molecule has 3 heteroatoms. The lowest BCUT2D eigenvalue weighted by Crippen LogP contribution is -1.97. The summed E-state index contributed by atoms with van der Waals surface area (Å²) in [7, 11) is 0. The summed E-state index contributed by atoms with van der Waals surface area (Å²) in [4.78, 5) is 10.6. The molecule has 0 fully saturated rings. The molecule has 0 amide bonds. The first kappa shape index (κ1) is 29.5. The van der Waals surface area contributed by atoms with Gasteiger partial charge in [-0.3, -0.25) is 0 Å². The maximum atomic E-state index is 5.33. The Balaban J connectivity index is 1.22. The van der Waals surface area contributed by atoms with Gasteiger partial charge >= 0.3 is 0 Å². The third-order valence-electron chi connectivity index (χ3n) is 9.83. The molecule has 2 aromatic heterocycles. The summed E-state index contributed by atoms with van der Waals surface area (Å²) < 4.78 is 2.60. The Labute approximate surface area is 300 Å². The molecule has 238 valence electrons. The third-order valence-corrected chi connectivity index (χ3v) is 11.1. The molecule has 2 heterocycles. The number of benzene rings is 8. The minimum absolute atomic E-state index is 0.708. The molecule has 0 aliphatic heterocycles. The summed E-state index contributed by atoms with van der Waals surface area (Å²) in [5.41, 5.74) is 9.61. The zero-order valence-corrected chi connectivity index (χ0v) is 28.4. The Morgan fingerprint density at radius 2 is 0.922 bits per heavy atom. The summed E-state index contributed by atoms with van der Waals surface area (Å²) in [6.07, 6.45) is 0. The highest BCUT2D eigenvalue weighted by Gasteiger charge is 2.16. The molecular formula is C48H30N2S. The van der Waals surface area contributed by atoms with Gasteiger partial charge in [-0.25, -0.2) is 9.97 Å². The SMILES string of the molecule is c1ccc(-c2cc(-c3cc(-c4ccc5ccccc5c4)nc(-c4ccc5ccccc5c4)n3)cc(-c3cccc4c3sc3ccccc34)c2)cc1. The van der Waals surface area contributed by atoms with E-state index in [1.807, 2.05) is 11.3 Å². The second-order valence-corrected chi connectivity index (χ2v) is 14.1. The van der Waals surface area contributed by atoms with E-state index in [9.17, 15) is 0 Å². The van der Waals surface area contributed by atoms with E-state index in [0.717, 1.165) is 33.6 Å². The third kappa shape index (κ3) is 5.36. The maximum absolute atomic E-state index is 5.33. The second kappa shape index (κ2) is 12.2. The van der Waals surface area contributed by atoms with Crippen molar-refractivity contribution < 1.29 is 0 Å². The Morgan fingerprint density at radius 3 is 1.71 bits per heavy atom. The van der Waals surface area contributed by atoms with Gasteiger partial charge in [0.2, 0.25) is 0 Å². The highest BCUT2D eigenvalue weighted by Crippen LogP contribution is 2.42. The zero-order valence-electron chi connectivity index (χ0n) is 27.6. The molecule has 51 heavy (non-hydrogen) atoms. The molecule has 0 atom stereocenters. The lowest BCUT2D eigenvalue weighted by molar-refractivity contribution is 1.18. The lowest BCUT2D eigenvalue weighted by atomic mass is 9.93. The van der Waals surface area contributed by atoms with Crippen LogP contribution < -0.4 is 0 Å². The van der Waals surface area contributed by atoms with Crippen LogP contribution >= 0.6 is 11.3 Å². The van der Waals surface area contributed by atoms with Gasteiger partial charge in [-0.05, 0) is 86.3 Å². The molecule has 8 aromatic carbocycles. The van der Waals surface area contributed by atoms with Crippen LogP contribution in [0.25, 0.3) is 97.9 Å². The van der Waals surface area contributed by atoms with E-state index in [4.69, 9.17) is 9.97 Å². The van der Waals surface area contributed by atoms with Crippen molar-refractivity contribution in [2.75, 3.05) is 0 Å². The average Bonchev–Trinajstić information content (AvgIpc) is 3.59. The van der Waals surface area contributed by atoms with Crippen molar-refractivity contribution in [2.24, 2.45) is 0 Å². The Kier molecular flexibility index (Phi) is 7.04. The molecule has 2 nitrogen and oxygen atoms in total. The normalized spacial score (nSPS) is 11.5. The van der Waals surface area contributed by atoms with Crippen LogP contribution in [0.4, 0.5) is 0 Å². The molecule has 0 N–H and O–H groups in total. The topological polar surface area (TPSA) is 25.8 Å². The Hall–Kier alpha value is -6.42. The Bertz CT molecular complexity index is 2830. The van der Waals surface area contributed by atoms with Crippen molar-refractivity contribution in [3.8, 4) is 56.2 Å². The molecule has 0 aliphatic rings. The van der Waals surface area contributed by atoms with Gasteiger partial charge < -0.3 is 0 Å². The highest BCUT2D eigenvalue weighted by atomic mass is 32.1. The second-order valence-electron chi connectivity index (χ2n) is 13.0. The van der Waals surface area contributed by atoms with Crippen LogP contribution in [0.2, 0.25) is 0 Å². The fourth-order valence-electron chi connectivity index (χ4n) is 7.25. The summed E-state index contributed by atoms with van der Waals surface area (Å²) in [6, 6.07) is 65.1. The van der Waals surface area contributed by atoms with Crippen molar-refractivity contribution in [3.05, 3.63) is 182 Å². The van der Waals surface area contributed by atoms with Crippen LogP contribution in [-0.4, -0.2) is 9.97 Å². The number of thiophene rings is 1. The number of aromatic nitrogens is 2. The molecule has 0 unspecified atom stereocenters. The molecular weight excluding hydrogens is 637 g/mol. The van der Waals surface area contributed by atoms with Crippen molar-refractivity contribution in [2.45, 2.75) is 0 Å². The molecule has 0 spiro atoms. The first-order chi connectivity index (χ1) is 25.2. The quantitative estimate of drug-likeness (QED) is 0.183. The smallest absolute Gasteiger partial charge is 0.160 e. The van der Waals surface area contributed by atoms with Crippen LogP contribution in [0, 0.1) is 0 Å². The number of hydrogen-bond donors (Lipinski definition) is 0. The predicted octanol–water partition coefficient (Wildman–Crippen LogP) is 13.5. The van der Waals surface area contributed by atoms with Crippen molar-refractivity contribution in [3.63, 3.8) is 0 Å². The van der Waals surface area contributed by atoms with E-state index < -0.39 is 0 Å². The van der Waals surface area contributed by atoms with Crippen molar-refractivity contribution >= 4 is 53.1 Å². The van der Waals surface area contributed by atoms with E-state index in [0.29, 0.717) is 5.82 Å². The van der Waals surface area contributed by atoms with Gasteiger partial charge in [0, 0.05) is 36.9 Å². The van der Waals surface area contributed by atoms with E-state index in [-0.39, 0.29) is 0 Å². The van der Waals surface area contributed by atoms with Gasteiger partial charge in [-0.1, -0.05) is 140 Å². The number of fused-ring (bicyclic) bond motifs is 5. The van der Waals surface area contributed by atoms with Gasteiger partial charge in [0.25, 0.3) is 0 Å². The highest BCUT2D eigenvalue weighted by molar-refractivity contribution is 7.26. The summed E-state index contributed by atoms with van der Waals surface area (Å²) in [6.45, 7) is 0. The fraction of sp³-hybridized carbons (Fsp3) is 0. The summed E-state index contributed by atoms with van der Waals surface area (Å²) >= 11 is 1.86. The van der Waals surface area contributed by atoms with Crippen LogP contribution in [0.1, 0.15) is 0 Å². The maximum Gasteiger partial charge on any atom is 0.160 e. The minimum Gasteiger partial charge on any atom is -0.228 e. The standard InChI is InChI=1S/C48H30N2S/c1-2-11-31(12-3-1)38-27-39(41-18-10-19-43-42-17-8-9-20-46(42)51-47(41)43)29-40(28-38)45-30-44(36-23-21-32-13-4-6-15-34(32)25-36)49-48(50-45)37-24-22-33-14-5-7-16-35(33)26-37/h1-30H. The van der Waals surface area contributed by atoms with E-state index >= 15 is 0 Å². The van der Waals surface area contributed by atoms with Crippen LogP contribution in [0.5, 0.6) is 0 Å². The predicted molar refractivity (Wildman–Crippen MR) is 217 cm³/mol. The van der Waals surface area contributed by atoms with Gasteiger partial charge in [0.05, 0.1) is 11.4 Å². The van der Waals surface area contributed by atoms with Gasteiger partial charge in [-0.15, -0.1) is 11.3 Å². The summed E-state index contributed by atoms with van der Waals surface area (Å²) in [5.74, 6) is 0.708. The van der Waals surface area contributed by atoms with Gasteiger partial charge in [-0.2, -0.15) is 0 Å². The van der Waals surface area contributed by atoms with Gasteiger partial charge in [0.15, 0.2) is 5.82 Å². The molecule has 0 saturated carbocycles. The molecule has 10 aromatic rings. The van der Waals surface area contributed by atoms with Crippen LogP contribution in [-0.2, 0) is 0 Å². The monoisotopic (exact) mass is 666 g/mol. The average molecular weight is 667 g/mol. The number of hydrogen-bond acceptors (Lipinski definition) is 3. The lowest BCUT2D eigenvalue weighted by Gasteiger charge is -2.14. The van der Waals surface area contributed by atoms with E-state index in [2.05, 4.69) is 182 Å². The molecule has 10 rings (SSSR count). The Morgan fingerprint density at radius 1 is 0.333 bits per heavy atom.